The zero-order valence-corrected chi connectivity index (χ0v) is 12.2. The Morgan fingerprint density at radius 3 is 2.16 bits per heavy atom. The number of hydrogen-bond donors (Lipinski definition) is 1. The van der Waals surface area contributed by atoms with Gasteiger partial charge in [-0.05, 0) is 13.8 Å². The molecule has 6 nitrogen and oxygen atoms in total. The van der Waals surface area contributed by atoms with Crippen molar-refractivity contribution in [3.05, 3.63) is 0 Å². The van der Waals surface area contributed by atoms with Crippen LogP contribution in [0.25, 0.3) is 0 Å². The van der Waals surface area contributed by atoms with Crippen molar-refractivity contribution < 1.29 is 18.9 Å². The van der Waals surface area contributed by atoms with Gasteiger partial charge in [0, 0.05) is 13.5 Å². The van der Waals surface area contributed by atoms with Crippen molar-refractivity contribution in [2.75, 3.05) is 46.8 Å². The average Bonchev–Trinajstić information content (AvgIpc) is 2.36. The summed E-state index contributed by atoms with van der Waals surface area (Å²) in [5, 5.41) is 8.80. The van der Waals surface area contributed by atoms with E-state index in [4.69, 9.17) is 29.9 Å². The molecule has 0 rings (SSSR count). The number of methoxy groups -OCH3 is 1. The molecule has 6 heteroatoms. The first kappa shape index (κ1) is 18.3. The van der Waals surface area contributed by atoms with E-state index in [1.165, 1.54) is 0 Å². The van der Waals surface area contributed by atoms with Gasteiger partial charge >= 0.3 is 0 Å². The number of ether oxygens (including phenoxy) is 4. The Morgan fingerprint density at radius 2 is 1.63 bits per heavy atom. The van der Waals surface area contributed by atoms with E-state index in [9.17, 15) is 0 Å². The van der Waals surface area contributed by atoms with Crippen LogP contribution in [0.1, 0.15) is 20.3 Å². The lowest BCUT2D eigenvalue weighted by atomic mass is 9.98. The SMILES string of the molecule is COCCOCCOCCOC(C)CC(C)(N)C#N. The van der Waals surface area contributed by atoms with Crippen molar-refractivity contribution in [1.29, 1.82) is 5.26 Å². The quantitative estimate of drug-likeness (QED) is 0.527. The molecular weight excluding hydrogens is 248 g/mol. The molecule has 0 spiro atoms. The van der Waals surface area contributed by atoms with Crippen LogP contribution in [0.15, 0.2) is 0 Å². The summed E-state index contributed by atoms with van der Waals surface area (Å²) in [6, 6.07) is 2.05. The Morgan fingerprint density at radius 1 is 1.11 bits per heavy atom. The predicted octanol–water partition coefficient (Wildman–Crippen LogP) is 0.702. The van der Waals surface area contributed by atoms with Gasteiger partial charge in [-0.15, -0.1) is 0 Å². The summed E-state index contributed by atoms with van der Waals surface area (Å²) < 4.78 is 20.9. The van der Waals surface area contributed by atoms with Gasteiger partial charge in [-0.3, -0.25) is 0 Å². The molecule has 2 atom stereocenters. The summed E-state index contributed by atoms with van der Waals surface area (Å²) in [4.78, 5) is 0. The number of nitriles is 1. The first-order chi connectivity index (χ1) is 9.02. The van der Waals surface area contributed by atoms with E-state index < -0.39 is 5.54 Å². The molecular formula is C13H26N2O4. The number of hydrogen-bond acceptors (Lipinski definition) is 6. The molecule has 2 unspecified atom stereocenters. The molecule has 0 aromatic heterocycles. The Bertz CT molecular complexity index is 254. The minimum absolute atomic E-state index is 0.0591. The van der Waals surface area contributed by atoms with Crippen molar-refractivity contribution >= 4 is 0 Å². The fraction of sp³-hybridized carbons (Fsp3) is 0.923. The lowest BCUT2D eigenvalue weighted by molar-refractivity contribution is -0.0161. The van der Waals surface area contributed by atoms with Crippen LogP contribution in [0.3, 0.4) is 0 Å². The highest BCUT2D eigenvalue weighted by molar-refractivity contribution is 5.01. The second kappa shape index (κ2) is 11.1. The molecule has 0 aromatic rings. The molecule has 112 valence electrons. The fourth-order valence-electron chi connectivity index (χ4n) is 1.47. The molecule has 0 saturated heterocycles. The minimum Gasteiger partial charge on any atom is -0.382 e. The lowest BCUT2D eigenvalue weighted by Crippen LogP contribution is -2.38. The third-order valence-electron chi connectivity index (χ3n) is 2.40. The maximum atomic E-state index is 8.80. The number of rotatable bonds is 12. The Hall–Kier alpha value is -0.710. The molecule has 0 aliphatic heterocycles. The highest BCUT2D eigenvalue weighted by Gasteiger charge is 2.21. The summed E-state index contributed by atoms with van der Waals surface area (Å²) in [7, 11) is 1.64. The highest BCUT2D eigenvalue weighted by Crippen LogP contribution is 2.09. The van der Waals surface area contributed by atoms with Crippen molar-refractivity contribution in [3.8, 4) is 6.07 Å². The van der Waals surface area contributed by atoms with Crippen LogP contribution in [0.2, 0.25) is 0 Å². The summed E-state index contributed by atoms with van der Waals surface area (Å²) >= 11 is 0. The van der Waals surface area contributed by atoms with Gasteiger partial charge in [0.25, 0.3) is 0 Å². The number of nitrogens with zero attached hydrogens (tertiary/aromatic N) is 1. The Balaban J connectivity index is 3.33. The topological polar surface area (TPSA) is 86.7 Å². The van der Waals surface area contributed by atoms with Gasteiger partial charge in [-0.1, -0.05) is 0 Å². The van der Waals surface area contributed by atoms with E-state index in [2.05, 4.69) is 0 Å². The molecule has 2 N–H and O–H groups in total. The standard InChI is InChI=1S/C13H26N2O4/c1-12(10-13(2,15)11-14)19-9-8-18-7-6-17-5-4-16-3/h12H,4-10,15H2,1-3H3. The second-order valence-electron chi connectivity index (χ2n) is 4.63. The zero-order valence-electron chi connectivity index (χ0n) is 12.2. The zero-order chi connectivity index (χ0) is 14.6. The fourth-order valence-corrected chi connectivity index (χ4v) is 1.47. The van der Waals surface area contributed by atoms with Crippen LogP contribution in [-0.2, 0) is 18.9 Å². The molecule has 0 bridgehead atoms. The van der Waals surface area contributed by atoms with E-state index in [-0.39, 0.29) is 6.10 Å². The molecule has 0 aliphatic carbocycles. The second-order valence-corrected chi connectivity index (χ2v) is 4.63. The van der Waals surface area contributed by atoms with Gasteiger partial charge in [0.1, 0.15) is 5.54 Å². The molecule has 0 radical (unpaired) electrons. The van der Waals surface area contributed by atoms with Crippen molar-refractivity contribution in [2.24, 2.45) is 5.73 Å². The van der Waals surface area contributed by atoms with E-state index in [0.29, 0.717) is 46.1 Å². The molecule has 0 fully saturated rings. The van der Waals surface area contributed by atoms with Gasteiger partial charge in [0.05, 0.1) is 51.8 Å². The summed E-state index contributed by atoms with van der Waals surface area (Å²) in [5.41, 5.74) is 4.89. The van der Waals surface area contributed by atoms with E-state index in [1.807, 2.05) is 13.0 Å². The van der Waals surface area contributed by atoms with Crippen LogP contribution >= 0.6 is 0 Å². The van der Waals surface area contributed by atoms with E-state index in [0.717, 1.165) is 0 Å². The van der Waals surface area contributed by atoms with Crippen molar-refractivity contribution in [2.45, 2.75) is 31.9 Å². The van der Waals surface area contributed by atoms with Crippen LogP contribution in [-0.4, -0.2) is 58.4 Å². The first-order valence-electron chi connectivity index (χ1n) is 6.48. The lowest BCUT2D eigenvalue weighted by Gasteiger charge is -2.20. The smallest absolute Gasteiger partial charge is 0.103 e. The minimum atomic E-state index is -0.838. The molecule has 0 amide bonds. The van der Waals surface area contributed by atoms with Crippen LogP contribution in [0, 0.1) is 11.3 Å². The monoisotopic (exact) mass is 274 g/mol. The maximum absolute atomic E-state index is 8.80. The van der Waals surface area contributed by atoms with E-state index in [1.54, 1.807) is 14.0 Å². The van der Waals surface area contributed by atoms with Gasteiger partial charge in [0.15, 0.2) is 0 Å². The van der Waals surface area contributed by atoms with Gasteiger partial charge < -0.3 is 24.7 Å². The summed E-state index contributed by atoms with van der Waals surface area (Å²) in [5.74, 6) is 0. The van der Waals surface area contributed by atoms with Crippen molar-refractivity contribution in [1.82, 2.24) is 0 Å². The van der Waals surface area contributed by atoms with Gasteiger partial charge in [-0.2, -0.15) is 5.26 Å². The van der Waals surface area contributed by atoms with Crippen LogP contribution < -0.4 is 5.73 Å². The summed E-state index contributed by atoms with van der Waals surface area (Å²) in [6.07, 6.45) is 0.445. The normalized spacial score (nSPS) is 15.7. The molecule has 19 heavy (non-hydrogen) atoms. The largest absolute Gasteiger partial charge is 0.382 e. The predicted molar refractivity (Wildman–Crippen MR) is 71.8 cm³/mol. The van der Waals surface area contributed by atoms with Gasteiger partial charge in [-0.25, -0.2) is 0 Å². The van der Waals surface area contributed by atoms with Crippen LogP contribution in [0.4, 0.5) is 0 Å². The number of nitrogens with two attached hydrogens (primary N) is 1. The van der Waals surface area contributed by atoms with Crippen molar-refractivity contribution in [3.63, 3.8) is 0 Å². The van der Waals surface area contributed by atoms with E-state index >= 15 is 0 Å². The highest BCUT2D eigenvalue weighted by atomic mass is 16.6. The third kappa shape index (κ3) is 12.1. The average molecular weight is 274 g/mol. The maximum Gasteiger partial charge on any atom is 0.103 e. The third-order valence-corrected chi connectivity index (χ3v) is 2.40. The molecule has 0 aromatic carbocycles. The summed E-state index contributed by atoms with van der Waals surface area (Å²) in [6.45, 7) is 6.85. The van der Waals surface area contributed by atoms with Crippen LogP contribution in [0.5, 0.6) is 0 Å². The Kier molecular flexibility index (Phi) is 10.7. The Labute approximate surface area is 115 Å². The molecule has 0 saturated carbocycles. The first-order valence-corrected chi connectivity index (χ1v) is 6.48. The molecule has 0 heterocycles. The molecule has 0 aliphatic rings. The van der Waals surface area contributed by atoms with Gasteiger partial charge in [0.2, 0.25) is 0 Å².